The molecule has 0 fully saturated rings. The van der Waals surface area contributed by atoms with E-state index in [4.69, 9.17) is 0 Å². The number of hydrogen-bond donors (Lipinski definition) is 0. The maximum atomic E-state index is 10.4. The summed E-state index contributed by atoms with van der Waals surface area (Å²) in [5, 5.41) is 0. The molecule has 3 heteroatoms. The summed E-state index contributed by atoms with van der Waals surface area (Å²) in [6.07, 6.45) is 1.09. The normalized spacial score (nSPS) is 10.7. The molecule has 0 saturated heterocycles. The van der Waals surface area contributed by atoms with Gasteiger partial charge in [-0.15, -0.1) is 0 Å². The highest BCUT2D eigenvalue weighted by Crippen LogP contribution is 1.81. The Morgan fingerprint density at radius 1 is 1.78 bits per heavy atom. The first-order valence-corrected chi connectivity index (χ1v) is 2.48. The summed E-state index contributed by atoms with van der Waals surface area (Å²) in [4.78, 5) is 14.0. The van der Waals surface area contributed by atoms with Gasteiger partial charge < -0.3 is 4.74 Å². The Bertz CT molecular complexity index is 149. The van der Waals surface area contributed by atoms with Gasteiger partial charge in [0.25, 0.3) is 0 Å². The van der Waals surface area contributed by atoms with Crippen molar-refractivity contribution in [2.45, 2.75) is 6.92 Å². The molecule has 9 heavy (non-hydrogen) atoms. The van der Waals surface area contributed by atoms with Gasteiger partial charge in [0.05, 0.1) is 0 Å². The van der Waals surface area contributed by atoms with Crippen LogP contribution >= 0.6 is 0 Å². The topological polar surface area (TPSA) is 38.7 Å². The standard InChI is InChI=1S/C6H9NO2/c1-4-6(8)9-5(2)7-3/h4H,1H2,2-3H3. The predicted molar refractivity (Wildman–Crippen MR) is 35.3 cm³/mol. The zero-order valence-corrected chi connectivity index (χ0v) is 5.55. The van der Waals surface area contributed by atoms with Gasteiger partial charge in [0.1, 0.15) is 0 Å². The second-order valence-electron chi connectivity index (χ2n) is 1.37. The second-order valence-corrected chi connectivity index (χ2v) is 1.37. The molecule has 50 valence electrons. The molecule has 0 saturated carbocycles. The lowest BCUT2D eigenvalue weighted by atomic mass is 10.6. The average molecular weight is 127 g/mol. The third-order valence-electron chi connectivity index (χ3n) is 0.730. The van der Waals surface area contributed by atoms with E-state index in [0.29, 0.717) is 5.90 Å². The maximum Gasteiger partial charge on any atom is 0.336 e. The highest BCUT2D eigenvalue weighted by molar-refractivity contribution is 5.92. The molecular formula is C6H9NO2. The fraction of sp³-hybridized carbons (Fsp3) is 0.333. The van der Waals surface area contributed by atoms with Crippen LogP contribution in [0.3, 0.4) is 0 Å². The van der Waals surface area contributed by atoms with E-state index in [2.05, 4.69) is 16.3 Å². The van der Waals surface area contributed by atoms with Crippen molar-refractivity contribution in [2.24, 2.45) is 4.99 Å². The molecule has 3 nitrogen and oxygen atoms in total. The highest BCUT2D eigenvalue weighted by Gasteiger charge is 1.95. The van der Waals surface area contributed by atoms with Crippen molar-refractivity contribution in [2.75, 3.05) is 7.05 Å². The fourth-order valence-corrected chi connectivity index (χ4v) is 0.233. The SMILES string of the molecule is C=CC(=O)OC(C)=NC. The molecule has 0 bridgehead atoms. The Kier molecular flexibility index (Phi) is 3.35. The van der Waals surface area contributed by atoms with Gasteiger partial charge in [0.15, 0.2) is 5.90 Å². The number of aliphatic imine (C=N–C) groups is 1. The maximum absolute atomic E-state index is 10.4. The summed E-state index contributed by atoms with van der Waals surface area (Å²) in [6.45, 7) is 4.82. The van der Waals surface area contributed by atoms with Gasteiger partial charge in [0.2, 0.25) is 0 Å². The van der Waals surface area contributed by atoms with Crippen molar-refractivity contribution < 1.29 is 9.53 Å². The summed E-state index contributed by atoms with van der Waals surface area (Å²) < 4.78 is 4.54. The third-order valence-corrected chi connectivity index (χ3v) is 0.730. The first kappa shape index (κ1) is 7.88. The van der Waals surface area contributed by atoms with Crippen LogP contribution in [-0.2, 0) is 9.53 Å². The minimum Gasteiger partial charge on any atom is -0.409 e. The van der Waals surface area contributed by atoms with Gasteiger partial charge in [-0.05, 0) is 0 Å². The Balaban J connectivity index is 3.74. The predicted octanol–water partition coefficient (Wildman–Crippen LogP) is 0.764. The minimum absolute atomic E-state index is 0.347. The Hall–Kier alpha value is -1.12. The van der Waals surface area contributed by atoms with Crippen molar-refractivity contribution in [1.29, 1.82) is 0 Å². The molecule has 0 rings (SSSR count). The number of ether oxygens (including phenoxy) is 1. The van der Waals surface area contributed by atoms with Crippen molar-refractivity contribution in [1.82, 2.24) is 0 Å². The zero-order valence-electron chi connectivity index (χ0n) is 5.55. The van der Waals surface area contributed by atoms with E-state index >= 15 is 0 Å². The molecule has 0 aromatic carbocycles. The number of esters is 1. The van der Waals surface area contributed by atoms with Crippen molar-refractivity contribution >= 4 is 11.9 Å². The average Bonchev–Trinajstić information content (AvgIpc) is 1.87. The molecule has 0 aromatic heterocycles. The zero-order chi connectivity index (χ0) is 7.28. The molecule has 0 heterocycles. The smallest absolute Gasteiger partial charge is 0.336 e. The molecule has 0 aliphatic carbocycles. The van der Waals surface area contributed by atoms with Gasteiger partial charge in [-0.1, -0.05) is 6.58 Å². The molecule has 0 atom stereocenters. The van der Waals surface area contributed by atoms with Crippen LogP contribution in [0.4, 0.5) is 0 Å². The van der Waals surface area contributed by atoms with Crippen LogP contribution in [0.1, 0.15) is 6.92 Å². The number of carbonyl (C=O) groups is 1. The van der Waals surface area contributed by atoms with Gasteiger partial charge in [-0.3, -0.25) is 4.99 Å². The lowest BCUT2D eigenvalue weighted by Gasteiger charge is -1.95. The quantitative estimate of drug-likeness (QED) is 0.226. The Morgan fingerprint density at radius 3 is 2.67 bits per heavy atom. The summed E-state index contributed by atoms with van der Waals surface area (Å²) >= 11 is 0. The summed E-state index contributed by atoms with van der Waals surface area (Å²) in [5.74, 6) is -0.127. The Morgan fingerprint density at radius 2 is 2.33 bits per heavy atom. The van der Waals surface area contributed by atoms with E-state index in [1.165, 1.54) is 0 Å². The van der Waals surface area contributed by atoms with Crippen LogP contribution in [0.25, 0.3) is 0 Å². The lowest BCUT2D eigenvalue weighted by molar-refractivity contribution is -0.130. The molecule has 0 spiro atoms. The van der Waals surface area contributed by atoms with Crippen molar-refractivity contribution in [3.63, 3.8) is 0 Å². The van der Waals surface area contributed by atoms with Gasteiger partial charge in [-0.2, -0.15) is 0 Å². The molecule has 0 radical (unpaired) electrons. The molecule has 0 unspecified atom stereocenters. The fourth-order valence-electron chi connectivity index (χ4n) is 0.233. The van der Waals surface area contributed by atoms with Gasteiger partial charge >= 0.3 is 5.97 Å². The largest absolute Gasteiger partial charge is 0.409 e. The highest BCUT2D eigenvalue weighted by atomic mass is 16.5. The van der Waals surface area contributed by atoms with E-state index in [9.17, 15) is 4.79 Å². The monoisotopic (exact) mass is 127 g/mol. The van der Waals surface area contributed by atoms with E-state index in [1.54, 1.807) is 14.0 Å². The van der Waals surface area contributed by atoms with Crippen LogP contribution in [0.5, 0.6) is 0 Å². The van der Waals surface area contributed by atoms with E-state index in [0.717, 1.165) is 6.08 Å². The number of rotatable bonds is 1. The van der Waals surface area contributed by atoms with Crippen molar-refractivity contribution in [3.8, 4) is 0 Å². The second kappa shape index (κ2) is 3.83. The molecule has 0 aromatic rings. The van der Waals surface area contributed by atoms with Crippen LogP contribution in [0.15, 0.2) is 17.6 Å². The van der Waals surface area contributed by atoms with Crippen LogP contribution in [-0.4, -0.2) is 18.9 Å². The van der Waals surface area contributed by atoms with E-state index in [-0.39, 0.29) is 0 Å². The van der Waals surface area contributed by atoms with Crippen LogP contribution < -0.4 is 0 Å². The molecule has 0 aliphatic heterocycles. The number of carbonyl (C=O) groups excluding carboxylic acids is 1. The first-order valence-electron chi connectivity index (χ1n) is 2.48. The van der Waals surface area contributed by atoms with Crippen LogP contribution in [0.2, 0.25) is 0 Å². The summed E-state index contributed by atoms with van der Waals surface area (Å²) in [5.41, 5.74) is 0. The molecule has 0 aliphatic rings. The lowest BCUT2D eigenvalue weighted by Crippen LogP contribution is -2.05. The molecule has 0 amide bonds. The molecule has 0 N–H and O–H groups in total. The third kappa shape index (κ3) is 3.46. The van der Waals surface area contributed by atoms with E-state index < -0.39 is 5.97 Å². The minimum atomic E-state index is -0.474. The molecular weight excluding hydrogens is 118 g/mol. The number of nitrogens with zero attached hydrogens (tertiary/aromatic N) is 1. The summed E-state index contributed by atoms with van der Waals surface area (Å²) in [6, 6.07) is 0. The first-order chi connectivity index (χ1) is 4.20. The Labute approximate surface area is 54.0 Å². The number of hydrogen-bond acceptors (Lipinski definition) is 3. The van der Waals surface area contributed by atoms with E-state index in [1.807, 2.05) is 0 Å². The van der Waals surface area contributed by atoms with Gasteiger partial charge in [-0.25, -0.2) is 4.79 Å². The summed E-state index contributed by atoms with van der Waals surface area (Å²) in [7, 11) is 1.55. The van der Waals surface area contributed by atoms with Crippen molar-refractivity contribution in [3.05, 3.63) is 12.7 Å². The van der Waals surface area contributed by atoms with Gasteiger partial charge in [0, 0.05) is 20.0 Å². The van der Waals surface area contributed by atoms with Crippen LogP contribution in [0, 0.1) is 0 Å².